The van der Waals surface area contributed by atoms with E-state index >= 15 is 0 Å². The van der Waals surface area contributed by atoms with Gasteiger partial charge in [0.05, 0.1) is 0 Å². The summed E-state index contributed by atoms with van der Waals surface area (Å²) in [6.45, 7) is 0. The van der Waals surface area contributed by atoms with Gasteiger partial charge in [-0.3, -0.25) is 0 Å². The quantitative estimate of drug-likeness (QED) is 0.577. The Morgan fingerprint density at radius 2 is 1.25 bits per heavy atom. The predicted molar refractivity (Wildman–Crippen MR) is 1.37 cm³/mol. The van der Waals surface area contributed by atoms with E-state index in [0.29, 0.717) is 0 Å². The Balaban J connectivity index is 0. The van der Waals surface area contributed by atoms with E-state index in [9.17, 15) is 0 Å². The summed E-state index contributed by atoms with van der Waals surface area (Å²) in [6.07, 6.45) is 0. The second-order valence-corrected chi connectivity index (χ2v) is 0. The first-order valence-corrected chi connectivity index (χ1v) is 1.56. The average molecular weight is 291 g/mol. The summed E-state index contributed by atoms with van der Waals surface area (Å²) in [5.74, 6) is 0. The molecule has 0 aromatic rings. The third kappa shape index (κ3) is 14.1. The third-order valence-corrected chi connectivity index (χ3v) is 0. The fourth-order valence-electron chi connectivity index (χ4n) is 0. The van der Waals surface area contributed by atoms with Crippen molar-refractivity contribution >= 4 is 0 Å². The summed E-state index contributed by atoms with van der Waals surface area (Å²) in [5.41, 5.74) is 0. The summed E-state index contributed by atoms with van der Waals surface area (Å²) in [7, 11) is 0. The molecule has 0 rings (SSSR count). The van der Waals surface area contributed by atoms with Crippen LogP contribution < -0.4 is 0 Å². The van der Waals surface area contributed by atoms with Crippen molar-refractivity contribution in [2.75, 3.05) is 0 Å². The van der Waals surface area contributed by atoms with Crippen LogP contribution in [0.2, 0.25) is 0 Å². The normalized spacial score (nSPS) is 3.00. The molecule has 0 aliphatic carbocycles. The SMILES string of the molecule is [O]=[Cu].[O]=[Pt]. The molecule has 0 amide bonds. The van der Waals surface area contributed by atoms with Gasteiger partial charge in [0.15, 0.2) is 0 Å². The fourth-order valence-corrected chi connectivity index (χ4v) is 0. The van der Waals surface area contributed by atoms with Crippen molar-refractivity contribution < 1.29 is 43.0 Å². The van der Waals surface area contributed by atoms with Crippen molar-refractivity contribution in [3.63, 3.8) is 0 Å². The molecule has 0 aliphatic rings. The van der Waals surface area contributed by atoms with Crippen LogP contribution in [0.25, 0.3) is 0 Å². The standard InChI is InChI=1S/Cu.2O.Pt. The van der Waals surface area contributed by atoms with Crippen molar-refractivity contribution in [2.45, 2.75) is 0 Å². The molecule has 0 radical (unpaired) electrons. The van der Waals surface area contributed by atoms with Gasteiger partial charge in [-0.05, 0) is 0 Å². The van der Waals surface area contributed by atoms with E-state index < -0.39 is 0 Å². The molecule has 33 valence electrons. The van der Waals surface area contributed by atoms with Crippen molar-refractivity contribution in [1.29, 1.82) is 0 Å². The molecule has 0 spiro atoms. The zero-order valence-electron chi connectivity index (χ0n) is 1.43. The second-order valence-electron chi connectivity index (χ2n) is 0. The molecule has 2 nitrogen and oxygen atoms in total. The molecule has 0 saturated carbocycles. The van der Waals surface area contributed by atoms with Crippen LogP contribution in [0.5, 0.6) is 0 Å². The van der Waals surface area contributed by atoms with E-state index in [2.05, 4.69) is 15.9 Å². The number of rotatable bonds is 0. The molecule has 0 heterocycles. The molecule has 0 fully saturated rings. The maximum atomic E-state index is 8.22. The van der Waals surface area contributed by atoms with Gasteiger partial charge in [0.25, 0.3) is 0 Å². The molecule has 0 bridgehead atoms. The van der Waals surface area contributed by atoms with Crippen molar-refractivity contribution in [1.82, 2.24) is 0 Å². The topological polar surface area (TPSA) is 34.1 Å². The van der Waals surface area contributed by atoms with E-state index in [0.717, 1.165) is 19.8 Å². The van der Waals surface area contributed by atoms with E-state index in [4.69, 9.17) is 7.23 Å². The molecule has 0 aromatic carbocycles. The zero-order valence-corrected chi connectivity index (χ0v) is 4.65. The van der Waals surface area contributed by atoms with Crippen LogP contribution in [0.15, 0.2) is 0 Å². The van der Waals surface area contributed by atoms with Crippen molar-refractivity contribution in [2.24, 2.45) is 0 Å². The first-order chi connectivity index (χ1) is 2.00. The summed E-state index contributed by atoms with van der Waals surface area (Å²) in [4.78, 5) is 0. The number of hydrogen-bond donors (Lipinski definition) is 0. The van der Waals surface area contributed by atoms with Gasteiger partial charge >= 0.3 is 43.0 Å². The molecule has 0 saturated heterocycles. The minimum absolute atomic E-state index is 0.889. The maximum absolute atomic E-state index is 8.22. The van der Waals surface area contributed by atoms with Crippen LogP contribution >= 0.6 is 0 Å². The summed E-state index contributed by atoms with van der Waals surface area (Å²) in [6, 6.07) is 0. The van der Waals surface area contributed by atoms with E-state index in [1.54, 1.807) is 0 Å². The van der Waals surface area contributed by atoms with Crippen molar-refractivity contribution in [3.05, 3.63) is 0 Å². The summed E-state index contributed by atoms with van der Waals surface area (Å²) in [5, 5.41) is 0. The van der Waals surface area contributed by atoms with Crippen LogP contribution in [0.3, 0.4) is 0 Å². The Labute approximate surface area is 43.2 Å². The average Bonchev–Trinajstić information content (AvgIpc) is 1.50. The Kier molecular flexibility index (Phi) is 102. The molecule has 0 N–H and O–H groups in total. The van der Waals surface area contributed by atoms with Crippen LogP contribution in [0.4, 0.5) is 0 Å². The first kappa shape index (κ1) is 8.84. The summed E-state index contributed by atoms with van der Waals surface area (Å²) >= 11 is 3.83. The molecular formula is CuO2Pt. The Morgan fingerprint density at radius 3 is 1.25 bits per heavy atom. The van der Waals surface area contributed by atoms with E-state index in [1.807, 2.05) is 0 Å². The molecule has 0 unspecified atom stereocenters. The van der Waals surface area contributed by atoms with Crippen molar-refractivity contribution in [3.8, 4) is 0 Å². The first-order valence-electron chi connectivity index (χ1n) is 0.252. The van der Waals surface area contributed by atoms with Crippen LogP contribution in [0, 0.1) is 0 Å². The van der Waals surface area contributed by atoms with Gasteiger partial charge in [-0.2, -0.15) is 0 Å². The minimum atomic E-state index is 0.889. The van der Waals surface area contributed by atoms with Gasteiger partial charge in [-0.15, -0.1) is 0 Å². The fraction of sp³-hybridized carbons (Fsp3) is 0. The molecule has 4 heavy (non-hydrogen) atoms. The van der Waals surface area contributed by atoms with Gasteiger partial charge < -0.3 is 0 Å². The predicted octanol–water partition coefficient (Wildman–Crippen LogP) is -0.243. The van der Waals surface area contributed by atoms with Gasteiger partial charge in [0.2, 0.25) is 0 Å². The molecule has 4 heteroatoms. The Hall–Kier alpha value is 0.808. The monoisotopic (exact) mass is 290 g/mol. The molecular weight excluding hydrogens is 291 g/mol. The molecule has 0 aliphatic heterocycles. The van der Waals surface area contributed by atoms with Gasteiger partial charge in [-0.1, -0.05) is 0 Å². The molecule has 0 atom stereocenters. The van der Waals surface area contributed by atoms with E-state index in [1.165, 1.54) is 0 Å². The number of hydrogen-bond acceptors (Lipinski definition) is 2. The van der Waals surface area contributed by atoms with Crippen LogP contribution in [-0.4, -0.2) is 0 Å². The van der Waals surface area contributed by atoms with Gasteiger partial charge in [-0.25, -0.2) is 0 Å². The zero-order chi connectivity index (χ0) is 4.00. The second kappa shape index (κ2) is 46.0. The van der Waals surface area contributed by atoms with Crippen LogP contribution in [0.1, 0.15) is 0 Å². The summed E-state index contributed by atoms with van der Waals surface area (Å²) < 4.78 is 16.0. The van der Waals surface area contributed by atoms with Crippen LogP contribution in [-0.2, 0) is 43.0 Å². The molecule has 0 aromatic heterocycles. The Bertz CT molecular complexity index is 8.00. The third-order valence-electron chi connectivity index (χ3n) is 0. The Morgan fingerprint density at radius 1 is 1.25 bits per heavy atom. The van der Waals surface area contributed by atoms with E-state index in [-0.39, 0.29) is 0 Å². The van der Waals surface area contributed by atoms with Gasteiger partial charge in [0.1, 0.15) is 0 Å². The van der Waals surface area contributed by atoms with Gasteiger partial charge in [0, 0.05) is 0 Å².